The maximum atomic E-state index is 11.7. The van der Waals surface area contributed by atoms with Crippen molar-refractivity contribution < 1.29 is 14.3 Å². The first-order chi connectivity index (χ1) is 7.82. The van der Waals surface area contributed by atoms with Gasteiger partial charge in [-0.05, 0) is 13.8 Å². The standard InChI is InChI=1S/C10H19N3O3S/c1-10(2,8(11)17)9(15)13-6-7(14)12-4-5-16-3/h4-6H2,1-3H3,(H2,11,17)(H,12,14)(H,13,15). The Morgan fingerprint density at radius 1 is 1.35 bits per heavy atom. The monoisotopic (exact) mass is 261 g/mol. The van der Waals surface area contributed by atoms with Gasteiger partial charge in [-0.2, -0.15) is 0 Å². The maximum absolute atomic E-state index is 11.7. The van der Waals surface area contributed by atoms with Crippen LogP contribution in [0.3, 0.4) is 0 Å². The van der Waals surface area contributed by atoms with E-state index in [1.54, 1.807) is 21.0 Å². The number of methoxy groups -OCH3 is 1. The molecule has 0 aromatic carbocycles. The normalized spacial score (nSPS) is 10.8. The minimum absolute atomic E-state index is 0.0924. The summed E-state index contributed by atoms with van der Waals surface area (Å²) in [6, 6.07) is 0. The van der Waals surface area contributed by atoms with Gasteiger partial charge >= 0.3 is 0 Å². The molecule has 0 fully saturated rings. The van der Waals surface area contributed by atoms with Crippen LogP contribution in [0, 0.1) is 5.41 Å². The highest BCUT2D eigenvalue weighted by atomic mass is 32.1. The first-order valence-electron chi connectivity index (χ1n) is 5.16. The van der Waals surface area contributed by atoms with Gasteiger partial charge in [-0.15, -0.1) is 0 Å². The fourth-order valence-corrected chi connectivity index (χ4v) is 0.941. The highest BCUT2D eigenvalue weighted by Gasteiger charge is 2.30. The number of rotatable bonds is 7. The topological polar surface area (TPSA) is 93.5 Å². The van der Waals surface area contributed by atoms with Crippen LogP contribution in [0.5, 0.6) is 0 Å². The van der Waals surface area contributed by atoms with E-state index in [0.29, 0.717) is 13.2 Å². The van der Waals surface area contributed by atoms with E-state index >= 15 is 0 Å². The first kappa shape index (κ1) is 15.8. The molecule has 98 valence electrons. The summed E-state index contributed by atoms with van der Waals surface area (Å²) >= 11 is 4.77. The maximum Gasteiger partial charge on any atom is 0.239 e. The van der Waals surface area contributed by atoms with Gasteiger partial charge in [-0.25, -0.2) is 0 Å². The molecule has 0 heterocycles. The van der Waals surface area contributed by atoms with Crippen molar-refractivity contribution in [2.24, 2.45) is 11.1 Å². The van der Waals surface area contributed by atoms with E-state index in [1.165, 1.54) is 0 Å². The van der Waals surface area contributed by atoms with E-state index in [1.807, 2.05) is 0 Å². The van der Waals surface area contributed by atoms with Crippen molar-refractivity contribution in [1.29, 1.82) is 0 Å². The molecule has 0 rings (SSSR count). The number of ether oxygens (including phenoxy) is 1. The highest BCUT2D eigenvalue weighted by molar-refractivity contribution is 7.80. The Morgan fingerprint density at radius 3 is 2.41 bits per heavy atom. The molecular weight excluding hydrogens is 242 g/mol. The zero-order valence-corrected chi connectivity index (χ0v) is 11.1. The fourth-order valence-electron chi connectivity index (χ4n) is 0.848. The predicted octanol–water partition coefficient (Wildman–Crippen LogP) is -0.822. The van der Waals surface area contributed by atoms with E-state index in [0.717, 1.165) is 0 Å². The molecule has 4 N–H and O–H groups in total. The summed E-state index contributed by atoms with van der Waals surface area (Å²) < 4.78 is 4.77. The van der Waals surface area contributed by atoms with E-state index in [-0.39, 0.29) is 23.3 Å². The van der Waals surface area contributed by atoms with Crippen molar-refractivity contribution in [2.75, 3.05) is 26.8 Å². The van der Waals surface area contributed by atoms with Gasteiger partial charge in [0.15, 0.2) is 0 Å². The summed E-state index contributed by atoms with van der Waals surface area (Å²) in [5.41, 5.74) is 4.47. The van der Waals surface area contributed by atoms with Crippen LogP contribution in [0.2, 0.25) is 0 Å². The summed E-state index contributed by atoms with van der Waals surface area (Å²) in [5, 5.41) is 5.05. The number of carbonyl (C=O) groups is 2. The van der Waals surface area contributed by atoms with Crippen molar-refractivity contribution in [3.05, 3.63) is 0 Å². The molecule has 0 aromatic rings. The number of nitrogens with one attached hydrogen (secondary N) is 2. The van der Waals surface area contributed by atoms with Gasteiger partial charge < -0.3 is 21.1 Å². The van der Waals surface area contributed by atoms with Gasteiger partial charge in [0.1, 0.15) is 0 Å². The second kappa shape index (κ2) is 7.18. The smallest absolute Gasteiger partial charge is 0.239 e. The fraction of sp³-hybridized carbons (Fsp3) is 0.700. The van der Waals surface area contributed by atoms with Crippen molar-refractivity contribution >= 4 is 29.0 Å². The molecule has 0 aliphatic rings. The summed E-state index contributed by atoms with van der Waals surface area (Å²) in [6.07, 6.45) is 0. The highest BCUT2D eigenvalue weighted by Crippen LogP contribution is 2.14. The van der Waals surface area contributed by atoms with Crippen LogP contribution < -0.4 is 16.4 Å². The Bertz CT molecular complexity index is 305. The van der Waals surface area contributed by atoms with Crippen molar-refractivity contribution in [3.63, 3.8) is 0 Å². The predicted molar refractivity (Wildman–Crippen MR) is 68.5 cm³/mol. The molecule has 0 aliphatic heterocycles. The Hall–Kier alpha value is -1.21. The Morgan fingerprint density at radius 2 is 1.94 bits per heavy atom. The summed E-state index contributed by atoms with van der Waals surface area (Å²) in [4.78, 5) is 23.0. The first-order valence-corrected chi connectivity index (χ1v) is 5.57. The zero-order chi connectivity index (χ0) is 13.5. The molecule has 0 bridgehead atoms. The third kappa shape index (κ3) is 5.60. The lowest BCUT2D eigenvalue weighted by Gasteiger charge is -2.21. The van der Waals surface area contributed by atoms with Crippen LogP contribution in [0.1, 0.15) is 13.8 Å². The molecule has 0 unspecified atom stereocenters. The Balaban J connectivity index is 4.00. The number of hydrogen-bond donors (Lipinski definition) is 3. The van der Waals surface area contributed by atoms with Gasteiger partial charge in [0.2, 0.25) is 11.8 Å². The van der Waals surface area contributed by atoms with Crippen molar-refractivity contribution in [2.45, 2.75) is 13.8 Å². The van der Waals surface area contributed by atoms with Gasteiger partial charge in [-0.3, -0.25) is 9.59 Å². The molecule has 0 spiro atoms. The molecule has 17 heavy (non-hydrogen) atoms. The van der Waals surface area contributed by atoms with E-state index in [4.69, 9.17) is 22.7 Å². The van der Waals surface area contributed by atoms with Crippen molar-refractivity contribution in [1.82, 2.24) is 10.6 Å². The molecule has 2 amide bonds. The molecule has 0 atom stereocenters. The van der Waals surface area contributed by atoms with Gasteiger partial charge in [-0.1, -0.05) is 12.2 Å². The lowest BCUT2D eigenvalue weighted by Crippen LogP contribution is -2.47. The number of carbonyl (C=O) groups excluding carboxylic acids is 2. The SMILES string of the molecule is COCCNC(=O)CNC(=O)C(C)(C)C(N)=S. The van der Waals surface area contributed by atoms with Gasteiger partial charge in [0.05, 0.1) is 23.6 Å². The Kier molecular flexibility index (Phi) is 6.67. The van der Waals surface area contributed by atoms with E-state index < -0.39 is 5.41 Å². The lowest BCUT2D eigenvalue weighted by atomic mass is 9.92. The van der Waals surface area contributed by atoms with Crippen LogP contribution in [0.15, 0.2) is 0 Å². The Labute approximate surface area is 106 Å². The number of hydrogen-bond acceptors (Lipinski definition) is 4. The van der Waals surface area contributed by atoms with Crippen LogP contribution in [0.25, 0.3) is 0 Å². The molecule has 0 saturated heterocycles. The van der Waals surface area contributed by atoms with E-state index in [9.17, 15) is 9.59 Å². The second-order valence-corrected chi connectivity index (χ2v) is 4.45. The van der Waals surface area contributed by atoms with Crippen LogP contribution >= 0.6 is 12.2 Å². The third-order valence-electron chi connectivity index (χ3n) is 2.22. The summed E-state index contributed by atoms with van der Waals surface area (Å²) in [6.45, 7) is 3.94. The average Bonchev–Trinajstić information content (AvgIpc) is 2.25. The van der Waals surface area contributed by atoms with Crippen LogP contribution in [-0.4, -0.2) is 43.6 Å². The quantitative estimate of drug-likeness (QED) is 0.411. The number of thiocarbonyl (C=S) groups is 1. The molecule has 0 aromatic heterocycles. The van der Waals surface area contributed by atoms with Gasteiger partial charge in [0.25, 0.3) is 0 Å². The van der Waals surface area contributed by atoms with Crippen molar-refractivity contribution in [3.8, 4) is 0 Å². The largest absolute Gasteiger partial charge is 0.392 e. The molecule has 0 saturated carbocycles. The number of amides is 2. The molecule has 0 aliphatic carbocycles. The molecule has 7 heteroatoms. The van der Waals surface area contributed by atoms with E-state index in [2.05, 4.69) is 10.6 Å². The average molecular weight is 261 g/mol. The third-order valence-corrected chi connectivity index (χ3v) is 2.73. The molecular formula is C10H19N3O3S. The van der Waals surface area contributed by atoms with Crippen LogP contribution in [-0.2, 0) is 14.3 Å². The number of nitrogens with two attached hydrogens (primary N) is 1. The zero-order valence-electron chi connectivity index (χ0n) is 10.3. The molecule has 6 nitrogen and oxygen atoms in total. The lowest BCUT2D eigenvalue weighted by molar-refractivity contribution is -0.129. The summed E-state index contributed by atoms with van der Waals surface area (Å²) in [7, 11) is 1.54. The minimum atomic E-state index is -0.956. The summed E-state index contributed by atoms with van der Waals surface area (Å²) in [5.74, 6) is -0.652. The van der Waals surface area contributed by atoms with Crippen LogP contribution in [0.4, 0.5) is 0 Å². The molecule has 0 radical (unpaired) electrons. The minimum Gasteiger partial charge on any atom is -0.392 e. The van der Waals surface area contributed by atoms with Gasteiger partial charge in [0, 0.05) is 13.7 Å². The second-order valence-electron chi connectivity index (χ2n) is 4.01.